The van der Waals surface area contributed by atoms with E-state index < -0.39 is 0 Å². The molecule has 1 N–H and O–H groups in total. The van der Waals surface area contributed by atoms with Crippen LogP contribution in [0.2, 0.25) is 0 Å². The molecule has 1 aliphatic heterocycles. The van der Waals surface area contributed by atoms with E-state index in [1.54, 1.807) is 0 Å². The van der Waals surface area contributed by atoms with E-state index in [0.717, 1.165) is 5.92 Å². The SMILES string of the molecule is CC1(C)CCC[C@@]2(C)CNC[C@@H]12. The number of hydrogen-bond donors (Lipinski definition) is 1. The lowest BCUT2D eigenvalue weighted by molar-refractivity contribution is 0.0441. The molecule has 0 unspecified atom stereocenters. The molecule has 0 radical (unpaired) electrons. The van der Waals surface area contributed by atoms with Gasteiger partial charge >= 0.3 is 0 Å². The summed E-state index contributed by atoms with van der Waals surface area (Å²) < 4.78 is 0. The van der Waals surface area contributed by atoms with Gasteiger partial charge in [0.1, 0.15) is 0 Å². The molecule has 1 heterocycles. The maximum absolute atomic E-state index is 3.56. The highest BCUT2D eigenvalue weighted by Crippen LogP contribution is 2.52. The van der Waals surface area contributed by atoms with Crippen molar-refractivity contribution in [3.8, 4) is 0 Å². The molecule has 2 atom stereocenters. The fraction of sp³-hybridized carbons (Fsp3) is 1.00. The van der Waals surface area contributed by atoms with Gasteiger partial charge in [0, 0.05) is 6.54 Å². The molecule has 12 heavy (non-hydrogen) atoms. The van der Waals surface area contributed by atoms with Gasteiger partial charge in [-0.2, -0.15) is 0 Å². The first-order chi connectivity index (χ1) is 5.55. The first-order valence-electron chi connectivity index (χ1n) is 5.25. The van der Waals surface area contributed by atoms with E-state index in [1.165, 1.54) is 32.4 Å². The molecule has 0 aromatic heterocycles. The van der Waals surface area contributed by atoms with Crippen molar-refractivity contribution >= 4 is 0 Å². The zero-order chi connectivity index (χ0) is 8.82. The highest BCUT2D eigenvalue weighted by molar-refractivity contribution is 5.01. The first kappa shape index (κ1) is 8.55. The fourth-order valence-corrected chi connectivity index (χ4v) is 3.48. The Morgan fingerprint density at radius 2 is 1.92 bits per heavy atom. The van der Waals surface area contributed by atoms with Crippen molar-refractivity contribution in [1.82, 2.24) is 5.32 Å². The minimum Gasteiger partial charge on any atom is -0.316 e. The molecule has 2 rings (SSSR count). The van der Waals surface area contributed by atoms with Crippen molar-refractivity contribution < 1.29 is 0 Å². The van der Waals surface area contributed by atoms with E-state index in [1.807, 2.05) is 0 Å². The summed E-state index contributed by atoms with van der Waals surface area (Å²) in [6, 6.07) is 0. The molecule has 0 amide bonds. The van der Waals surface area contributed by atoms with Gasteiger partial charge in [-0.15, -0.1) is 0 Å². The van der Waals surface area contributed by atoms with Crippen LogP contribution in [-0.4, -0.2) is 13.1 Å². The lowest BCUT2D eigenvalue weighted by Crippen LogP contribution is -2.40. The maximum Gasteiger partial charge on any atom is 0.000862 e. The Kier molecular flexibility index (Phi) is 1.76. The summed E-state index contributed by atoms with van der Waals surface area (Å²) in [7, 11) is 0. The van der Waals surface area contributed by atoms with Crippen LogP contribution < -0.4 is 5.32 Å². The van der Waals surface area contributed by atoms with E-state index >= 15 is 0 Å². The minimum absolute atomic E-state index is 0.580. The third-order valence-corrected chi connectivity index (χ3v) is 4.23. The van der Waals surface area contributed by atoms with Gasteiger partial charge in [-0.05, 0) is 36.1 Å². The van der Waals surface area contributed by atoms with Gasteiger partial charge in [-0.1, -0.05) is 27.2 Å². The second-order valence-electron chi connectivity index (χ2n) is 5.68. The molecular formula is C11H21N. The van der Waals surface area contributed by atoms with Crippen LogP contribution >= 0.6 is 0 Å². The molecule has 1 heteroatoms. The Hall–Kier alpha value is -0.0400. The molecule has 1 saturated carbocycles. The van der Waals surface area contributed by atoms with Gasteiger partial charge in [0.15, 0.2) is 0 Å². The maximum atomic E-state index is 3.56. The van der Waals surface area contributed by atoms with Crippen LogP contribution in [0.25, 0.3) is 0 Å². The fourth-order valence-electron chi connectivity index (χ4n) is 3.48. The van der Waals surface area contributed by atoms with E-state index in [-0.39, 0.29) is 0 Å². The Bertz CT molecular complexity index is 185. The van der Waals surface area contributed by atoms with E-state index in [2.05, 4.69) is 26.1 Å². The summed E-state index contributed by atoms with van der Waals surface area (Å²) in [4.78, 5) is 0. The van der Waals surface area contributed by atoms with Crippen molar-refractivity contribution in [3.63, 3.8) is 0 Å². The molecular weight excluding hydrogens is 146 g/mol. The third kappa shape index (κ3) is 1.10. The largest absolute Gasteiger partial charge is 0.316 e. The summed E-state index contributed by atoms with van der Waals surface area (Å²) in [6.45, 7) is 9.87. The zero-order valence-electron chi connectivity index (χ0n) is 8.61. The zero-order valence-corrected chi connectivity index (χ0v) is 8.61. The Labute approximate surface area is 75.9 Å². The van der Waals surface area contributed by atoms with E-state index in [4.69, 9.17) is 0 Å². The lowest BCUT2D eigenvalue weighted by atomic mass is 9.58. The number of hydrogen-bond acceptors (Lipinski definition) is 1. The summed E-state index contributed by atoms with van der Waals surface area (Å²) in [5.74, 6) is 0.916. The van der Waals surface area contributed by atoms with E-state index in [0.29, 0.717) is 10.8 Å². The molecule has 1 aliphatic carbocycles. The standard InChI is InChI=1S/C11H21N/c1-10(2)5-4-6-11(3)8-12-7-9(10)11/h9,12H,4-8H2,1-3H3/t9-,11-/m0/s1. The average Bonchev–Trinajstić information content (AvgIpc) is 2.31. The lowest BCUT2D eigenvalue weighted by Gasteiger charge is -2.46. The first-order valence-corrected chi connectivity index (χ1v) is 5.25. The summed E-state index contributed by atoms with van der Waals surface area (Å²) in [6.07, 6.45) is 4.30. The molecule has 0 aromatic carbocycles. The topological polar surface area (TPSA) is 12.0 Å². The van der Waals surface area contributed by atoms with Gasteiger partial charge in [-0.25, -0.2) is 0 Å². The van der Waals surface area contributed by atoms with Gasteiger partial charge in [-0.3, -0.25) is 0 Å². The van der Waals surface area contributed by atoms with Crippen molar-refractivity contribution in [3.05, 3.63) is 0 Å². The number of rotatable bonds is 0. The Balaban J connectivity index is 2.24. The monoisotopic (exact) mass is 167 g/mol. The van der Waals surface area contributed by atoms with Crippen LogP contribution in [0.15, 0.2) is 0 Å². The summed E-state index contributed by atoms with van der Waals surface area (Å²) in [5, 5.41) is 3.56. The molecule has 70 valence electrons. The molecule has 0 spiro atoms. The van der Waals surface area contributed by atoms with Crippen LogP contribution in [0.4, 0.5) is 0 Å². The van der Waals surface area contributed by atoms with Crippen molar-refractivity contribution in [2.24, 2.45) is 16.7 Å². The minimum atomic E-state index is 0.580. The highest BCUT2D eigenvalue weighted by atomic mass is 14.9. The summed E-state index contributed by atoms with van der Waals surface area (Å²) >= 11 is 0. The second kappa shape index (κ2) is 2.47. The molecule has 2 fully saturated rings. The van der Waals surface area contributed by atoms with Crippen molar-refractivity contribution in [2.45, 2.75) is 40.0 Å². The Morgan fingerprint density at radius 3 is 2.58 bits per heavy atom. The van der Waals surface area contributed by atoms with Gasteiger partial charge in [0.25, 0.3) is 0 Å². The normalized spacial score (nSPS) is 45.8. The molecule has 0 bridgehead atoms. The summed E-state index contributed by atoms with van der Waals surface area (Å²) in [5.41, 5.74) is 1.19. The van der Waals surface area contributed by atoms with Crippen molar-refractivity contribution in [2.75, 3.05) is 13.1 Å². The van der Waals surface area contributed by atoms with Crippen LogP contribution in [-0.2, 0) is 0 Å². The van der Waals surface area contributed by atoms with Crippen LogP contribution in [0.3, 0.4) is 0 Å². The molecule has 0 aromatic rings. The highest BCUT2D eigenvalue weighted by Gasteiger charge is 2.48. The molecule has 1 nitrogen and oxygen atoms in total. The third-order valence-electron chi connectivity index (χ3n) is 4.23. The number of fused-ring (bicyclic) bond motifs is 1. The second-order valence-corrected chi connectivity index (χ2v) is 5.68. The van der Waals surface area contributed by atoms with Crippen LogP contribution in [0, 0.1) is 16.7 Å². The predicted molar refractivity (Wildman–Crippen MR) is 52.1 cm³/mol. The van der Waals surface area contributed by atoms with Gasteiger partial charge < -0.3 is 5.32 Å². The number of nitrogens with one attached hydrogen (secondary N) is 1. The Morgan fingerprint density at radius 1 is 1.17 bits per heavy atom. The molecule has 2 aliphatic rings. The smallest absolute Gasteiger partial charge is 0.000862 e. The van der Waals surface area contributed by atoms with E-state index in [9.17, 15) is 0 Å². The molecule has 1 saturated heterocycles. The van der Waals surface area contributed by atoms with Crippen LogP contribution in [0.5, 0.6) is 0 Å². The van der Waals surface area contributed by atoms with Gasteiger partial charge in [0.05, 0.1) is 0 Å². The van der Waals surface area contributed by atoms with Crippen LogP contribution in [0.1, 0.15) is 40.0 Å². The van der Waals surface area contributed by atoms with Gasteiger partial charge in [0.2, 0.25) is 0 Å². The quantitative estimate of drug-likeness (QED) is 0.584. The average molecular weight is 167 g/mol. The predicted octanol–water partition coefficient (Wildman–Crippen LogP) is 2.42. The van der Waals surface area contributed by atoms with Crippen molar-refractivity contribution in [1.29, 1.82) is 0 Å².